The molecule has 2 N–H and O–H groups in total. The Hall–Kier alpha value is -1.39. The maximum atomic E-state index is 12.2. The molecule has 0 aliphatic carbocycles. The van der Waals surface area contributed by atoms with Gasteiger partial charge in [0.2, 0.25) is 5.91 Å². The van der Waals surface area contributed by atoms with E-state index in [-0.39, 0.29) is 17.9 Å². The predicted octanol–water partition coefficient (Wildman–Crippen LogP) is 2.24. The van der Waals surface area contributed by atoms with Gasteiger partial charge in [-0.1, -0.05) is 39.0 Å². The molecule has 116 valence electrons. The molecular formula is C17H26N2O2. The normalized spacial score (nSPS) is 19.7. The second-order valence-corrected chi connectivity index (χ2v) is 6.92. The van der Waals surface area contributed by atoms with Gasteiger partial charge in [0.05, 0.1) is 6.54 Å². The number of aliphatic hydroxyl groups excluding tert-OH is 1. The predicted molar refractivity (Wildman–Crippen MR) is 85.4 cm³/mol. The van der Waals surface area contributed by atoms with Crippen molar-refractivity contribution in [1.82, 2.24) is 4.90 Å². The highest BCUT2D eigenvalue weighted by atomic mass is 16.3. The van der Waals surface area contributed by atoms with Crippen molar-refractivity contribution < 1.29 is 9.90 Å². The van der Waals surface area contributed by atoms with Gasteiger partial charge in [-0.15, -0.1) is 0 Å². The van der Waals surface area contributed by atoms with E-state index in [9.17, 15) is 4.79 Å². The zero-order valence-electron chi connectivity index (χ0n) is 13.2. The van der Waals surface area contributed by atoms with Crippen molar-refractivity contribution in [3.63, 3.8) is 0 Å². The van der Waals surface area contributed by atoms with Crippen LogP contribution in [0.25, 0.3) is 0 Å². The lowest BCUT2D eigenvalue weighted by atomic mass is 9.86. The Morgan fingerprint density at radius 1 is 1.38 bits per heavy atom. The van der Waals surface area contributed by atoms with Gasteiger partial charge in [-0.05, 0) is 35.9 Å². The average molecular weight is 290 g/mol. The largest absolute Gasteiger partial charge is 0.396 e. The number of nitrogens with zero attached hydrogens (tertiary/aromatic N) is 1. The highest BCUT2D eigenvalue weighted by molar-refractivity contribution is 5.93. The number of hydrogen-bond donors (Lipinski definition) is 2. The van der Waals surface area contributed by atoms with Crippen LogP contribution in [0, 0.1) is 5.92 Å². The highest BCUT2D eigenvalue weighted by Gasteiger charge is 2.24. The number of carbonyl (C=O) groups excluding carboxylic acids is 1. The third kappa shape index (κ3) is 4.29. The minimum Gasteiger partial charge on any atom is -0.396 e. The van der Waals surface area contributed by atoms with E-state index in [1.54, 1.807) is 0 Å². The fourth-order valence-electron chi connectivity index (χ4n) is 2.84. The van der Waals surface area contributed by atoms with Crippen molar-refractivity contribution in [2.24, 2.45) is 5.92 Å². The van der Waals surface area contributed by atoms with Gasteiger partial charge in [0.15, 0.2) is 0 Å². The number of anilines is 1. The van der Waals surface area contributed by atoms with Crippen LogP contribution in [0.1, 0.15) is 32.8 Å². The van der Waals surface area contributed by atoms with Gasteiger partial charge in [0, 0.05) is 18.8 Å². The lowest BCUT2D eigenvalue weighted by Crippen LogP contribution is -2.32. The zero-order chi connectivity index (χ0) is 15.5. The molecule has 1 aliphatic rings. The van der Waals surface area contributed by atoms with Crippen molar-refractivity contribution in [1.29, 1.82) is 0 Å². The number of rotatable bonds is 4. The maximum Gasteiger partial charge on any atom is 0.238 e. The summed E-state index contributed by atoms with van der Waals surface area (Å²) in [5, 5.41) is 12.2. The summed E-state index contributed by atoms with van der Waals surface area (Å²) in [6, 6.07) is 7.97. The van der Waals surface area contributed by atoms with Crippen LogP contribution in [0.15, 0.2) is 24.3 Å². The standard InChI is InChI=1S/C17H26N2O2/c1-17(2,3)14-6-4-5-7-15(14)18-16(21)11-19-9-8-13(10-19)12-20/h4-7,13,20H,8-12H2,1-3H3,(H,18,21). The van der Waals surface area contributed by atoms with Crippen molar-refractivity contribution in [3.8, 4) is 0 Å². The summed E-state index contributed by atoms with van der Waals surface area (Å²) in [6.45, 7) is 8.74. The number of benzene rings is 1. The van der Waals surface area contributed by atoms with Gasteiger partial charge in [-0.3, -0.25) is 9.69 Å². The molecule has 1 amide bonds. The molecule has 1 saturated heterocycles. The van der Waals surface area contributed by atoms with Crippen LogP contribution in [-0.4, -0.2) is 42.2 Å². The van der Waals surface area contributed by atoms with Gasteiger partial charge < -0.3 is 10.4 Å². The molecule has 1 unspecified atom stereocenters. The van der Waals surface area contributed by atoms with E-state index in [4.69, 9.17) is 5.11 Å². The van der Waals surface area contributed by atoms with Crippen LogP contribution in [0.3, 0.4) is 0 Å². The van der Waals surface area contributed by atoms with Gasteiger partial charge >= 0.3 is 0 Å². The topological polar surface area (TPSA) is 52.6 Å². The Balaban J connectivity index is 1.97. The summed E-state index contributed by atoms with van der Waals surface area (Å²) < 4.78 is 0. The summed E-state index contributed by atoms with van der Waals surface area (Å²) in [5.41, 5.74) is 2.04. The molecule has 0 bridgehead atoms. The van der Waals surface area contributed by atoms with Crippen LogP contribution in [0.2, 0.25) is 0 Å². The fraction of sp³-hybridized carbons (Fsp3) is 0.588. The number of carbonyl (C=O) groups is 1. The molecule has 1 heterocycles. The fourth-order valence-corrected chi connectivity index (χ4v) is 2.84. The van der Waals surface area contributed by atoms with Crippen molar-refractivity contribution >= 4 is 11.6 Å². The smallest absolute Gasteiger partial charge is 0.238 e. The monoisotopic (exact) mass is 290 g/mol. The first-order chi connectivity index (χ1) is 9.90. The van der Waals surface area contributed by atoms with Crippen LogP contribution in [0.4, 0.5) is 5.69 Å². The molecule has 1 fully saturated rings. The van der Waals surface area contributed by atoms with Crippen LogP contribution in [0.5, 0.6) is 0 Å². The highest BCUT2D eigenvalue weighted by Crippen LogP contribution is 2.29. The number of likely N-dealkylation sites (tertiary alicyclic amines) is 1. The minimum absolute atomic E-state index is 0.000495. The third-order valence-electron chi connectivity index (χ3n) is 4.00. The Kier molecular flexibility index (Phi) is 5.01. The van der Waals surface area contributed by atoms with Gasteiger partial charge in [-0.25, -0.2) is 0 Å². The quantitative estimate of drug-likeness (QED) is 0.894. The molecule has 21 heavy (non-hydrogen) atoms. The molecule has 0 spiro atoms. The Morgan fingerprint density at radius 3 is 2.71 bits per heavy atom. The summed E-state index contributed by atoms with van der Waals surface area (Å²) in [6.07, 6.45) is 0.975. The minimum atomic E-state index is -0.000495. The molecule has 1 aromatic rings. The molecule has 4 heteroatoms. The van der Waals surface area contributed by atoms with E-state index in [2.05, 4.69) is 37.1 Å². The Morgan fingerprint density at radius 2 is 2.10 bits per heavy atom. The first-order valence-corrected chi connectivity index (χ1v) is 7.62. The van der Waals surface area contributed by atoms with Crippen LogP contribution < -0.4 is 5.32 Å². The molecular weight excluding hydrogens is 264 g/mol. The second kappa shape index (κ2) is 6.58. The van der Waals surface area contributed by atoms with E-state index in [0.29, 0.717) is 12.5 Å². The van der Waals surface area contributed by atoms with Crippen LogP contribution >= 0.6 is 0 Å². The lowest BCUT2D eigenvalue weighted by Gasteiger charge is -2.23. The Bertz CT molecular complexity index is 494. The lowest BCUT2D eigenvalue weighted by molar-refractivity contribution is -0.117. The van der Waals surface area contributed by atoms with E-state index in [1.165, 1.54) is 0 Å². The maximum absolute atomic E-state index is 12.2. The first kappa shape index (κ1) is 16.0. The molecule has 1 aliphatic heterocycles. The average Bonchev–Trinajstić information content (AvgIpc) is 2.85. The summed E-state index contributed by atoms with van der Waals surface area (Å²) in [7, 11) is 0. The van der Waals surface area contributed by atoms with Crippen molar-refractivity contribution in [2.75, 3.05) is 31.6 Å². The zero-order valence-corrected chi connectivity index (χ0v) is 13.2. The number of para-hydroxylation sites is 1. The third-order valence-corrected chi connectivity index (χ3v) is 4.00. The van der Waals surface area contributed by atoms with Crippen molar-refractivity contribution in [2.45, 2.75) is 32.6 Å². The summed E-state index contributed by atoms with van der Waals surface area (Å²) in [5.74, 6) is 0.338. The molecule has 1 aromatic carbocycles. The second-order valence-electron chi connectivity index (χ2n) is 6.92. The van der Waals surface area contributed by atoms with Crippen LogP contribution in [-0.2, 0) is 10.2 Å². The van der Waals surface area contributed by atoms with E-state index in [0.717, 1.165) is 30.8 Å². The number of hydrogen-bond acceptors (Lipinski definition) is 3. The Labute approximate surface area is 127 Å². The molecule has 0 aromatic heterocycles. The molecule has 4 nitrogen and oxygen atoms in total. The number of aliphatic hydroxyl groups is 1. The van der Waals surface area contributed by atoms with E-state index >= 15 is 0 Å². The first-order valence-electron chi connectivity index (χ1n) is 7.62. The number of nitrogens with one attached hydrogen (secondary N) is 1. The summed E-state index contributed by atoms with van der Waals surface area (Å²) in [4.78, 5) is 14.3. The van der Waals surface area contributed by atoms with Gasteiger partial charge in [0.25, 0.3) is 0 Å². The number of amides is 1. The SMILES string of the molecule is CC(C)(C)c1ccccc1NC(=O)CN1CCC(CO)C1. The molecule has 0 saturated carbocycles. The van der Waals surface area contributed by atoms with Gasteiger partial charge in [-0.2, -0.15) is 0 Å². The molecule has 0 radical (unpaired) electrons. The molecule has 1 atom stereocenters. The van der Waals surface area contributed by atoms with E-state index in [1.807, 2.05) is 18.2 Å². The van der Waals surface area contributed by atoms with Gasteiger partial charge in [0.1, 0.15) is 0 Å². The van der Waals surface area contributed by atoms with E-state index < -0.39 is 0 Å². The molecule has 2 rings (SSSR count). The van der Waals surface area contributed by atoms with Crippen molar-refractivity contribution in [3.05, 3.63) is 29.8 Å². The summed E-state index contributed by atoms with van der Waals surface area (Å²) >= 11 is 0.